The van der Waals surface area contributed by atoms with Gasteiger partial charge in [0.25, 0.3) is 0 Å². The first-order chi connectivity index (χ1) is 15.2. The van der Waals surface area contributed by atoms with Gasteiger partial charge in [-0.15, -0.1) is 35.3 Å². The van der Waals surface area contributed by atoms with Crippen molar-refractivity contribution in [2.45, 2.75) is 13.1 Å². The zero-order valence-electron chi connectivity index (χ0n) is 18.0. The van der Waals surface area contributed by atoms with Crippen LogP contribution in [0.3, 0.4) is 0 Å². The number of piperazine rings is 1. The van der Waals surface area contributed by atoms with E-state index >= 15 is 0 Å². The van der Waals surface area contributed by atoms with Gasteiger partial charge in [0, 0.05) is 57.9 Å². The Morgan fingerprint density at radius 1 is 1.16 bits per heavy atom. The summed E-state index contributed by atoms with van der Waals surface area (Å²) in [4.78, 5) is 21.4. The predicted molar refractivity (Wildman–Crippen MR) is 141 cm³/mol. The number of halogens is 1. The molecule has 1 aromatic carbocycles. The second-order valence-electron chi connectivity index (χ2n) is 7.28. The average Bonchev–Trinajstić information content (AvgIpc) is 3.49. The number of rotatable bonds is 6. The molecule has 0 atom stereocenters. The molecule has 170 valence electrons. The van der Waals surface area contributed by atoms with Crippen LogP contribution in [0.2, 0.25) is 0 Å². The van der Waals surface area contributed by atoms with Crippen LogP contribution in [0.4, 0.5) is 10.7 Å². The van der Waals surface area contributed by atoms with E-state index in [2.05, 4.69) is 48.0 Å². The van der Waals surface area contributed by atoms with Crippen LogP contribution in [0.5, 0.6) is 0 Å². The van der Waals surface area contributed by atoms with Gasteiger partial charge in [0.2, 0.25) is 5.91 Å². The summed E-state index contributed by atoms with van der Waals surface area (Å²) in [5.41, 5.74) is 1.85. The molecule has 2 aromatic heterocycles. The minimum atomic E-state index is -0.103. The highest BCUT2D eigenvalue weighted by molar-refractivity contribution is 14.0. The molecule has 3 aromatic rings. The van der Waals surface area contributed by atoms with Gasteiger partial charge >= 0.3 is 0 Å². The van der Waals surface area contributed by atoms with Gasteiger partial charge in [0.05, 0.1) is 5.00 Å². The molecular weight excluding hydrogens is 537 g/mol. The van der Waals surface area contributed by atoms with Crippen molar-refractivity contribution in [2.24, 2.45) is 4.99 Å². The second-order valence-corrected chi connectivity index (χ2v) is 8.20. The fraction of sp³-hybridized carbons (Fsp3) is 0.318. The summed E-state index contributed by atoms with van der Waals surface area (Å²) in [5.74, 6) is 0.798. The minimum Gasteiger partial charge on any atom is -0.360 e. The van der Waals surface area contributed by atoms with Crippen molar-refractivity contribution in [3.8, 4) is 0 Å². The summed E-state index contributed by atoms with van der Waals surface area (Å²) < 4.78 is 1.60. The maximum Gasteiger partial charge on any atom is 0.246 e. The first kappa shape index (κ1) is 24.1. The van der Waals surface area contributed by atoms with Crippen molar-refractivity contribution in [1.82, 2.24) is 20.0 Å². The maximum atomic E-state index is 12.2. The molecule has 0 aliphatic carbocycles. The number of thiophene rings is 1. The Bertz CT molecular complexity index is 999. The molecule has 3 heterocycles. The van der Waals surface area contributed by atoms with Gasteiger partial charge in [-0.3, -0.25) is 14.5 Å². The van der Waals surface area contributed by atoms with Crippen LogP contribution in [0.25, 0.3) is 0 Å². The molecule has 1 aliphatic heterocycles. The number of hydrogen-bond acceptors (Lipinski definition) is 5. The number of carbonyl (C=O) groups is 1. The number of guanidine groups is 1. The lowest BCUT2D eigenvalue weighted by molar-refractivity contribution is -0.116. The van der Waals surface area contributed by atoms with Crippen LogP contribution in [-0.2, 0) is 17.9 Å². The van der Waals surface area contributed by atoms with E-state index in [1.54, 1.807) is 34.5 Å². The Morgan fingerprint density at radius 3 is 2.69 bits per heavy atom. The van der Waals surface area contributed by atoms with Crippen LogP contribution >= 0.6 is 35.3 Å². The molecule has 0 spiro atoms. The molecule has 4 rings (SSSR count). The number of nitrogens with one attached hydrogen (secondary N) is 2. The molecule has 0 radical (unpaired) electrons. The highest BCUT2D eigenvalue weighted by Crippen LogP contribution is 2.22. The van der Waals surface area contributed by atoms with Crippen LogP contribution in [0.1, 0.15) is 5.56 Å². The highest BCUT2D eigenvalue weighted by Gasteiger charge is 2.20. The van der Waals surface area contributed by atoms with Crippen LogP contribution in [0.15, 0.2) is 65.2 Å². The van der Waals surface area contributed by atoms with Crippen LogP contribution < -0.4 is 15.5 Å². The van der Waals surface area contributed by atoms with Gasteiger partial charge < -0.3 is 20.4 Å². The first-order valence-corrected chi connectivity index (χ1v) is 11.2. The van der Waals surface area contributed by atoms with E-state index in [-0.39, 0.29) is 36.4 Å². The molecule has 0 unspecified atom stereocenters. The molecule has 2 N–H and O–H groups in total. The largest absolute Gasteiger partial charge is 0.360 e. The highest BCUT2D eigenvalue weighted by atomic mass is 127. The molecule has 8 nitrogen and oxygen atoms in total. The predicted octanol–water partition coefficient (Wildman–Crippen LogP) is 3.10. The summed E-state index contributed by atoms with van der Waals surface area (Å²) in [6.45, 7) is 4.67. The molecule has 1 fully saturated rings. The van der Waals surface area contributed by atoms with Crippen molar-refractivity contribution in [2.75, 3.05) is 43.4 Å². The number of benzene rings is 1. The third kappa shape index (κ3) is 6.45. The number of aromatic nitrogens is 2. The lowest BCUT2D eigenvalue weighted by Crippen LogP contribution is -2.52. The Labute approximate surface area is 209 Å². The third-order valence-electron chi connectivity index (χ3n) is 5.13. The average molecular weight is 565 g/mol. The first-order valence-electron chi connectivity index (χ1n) is 10.3. The van der Waals surface area contributed by atoms with Gasteiger partial charge in [0.15, 0.2) is 5.96 Å². The smallest absolute Gasteiger partial charge is 0.246 e. The Balaban J connectivity index is 0.00000289. The Kier molecular flexibility index (Phi) is 8.91. The summed E-state index contributed by atoms with van der Waals surface area (Å²) in [7, 11) is 1.82. The fourth-order valence-corrected chi connectivity index (χ4v) is 4.39. The van der Waals surface area contributed by atoms with E-state index in [1.165, 1.54) is 5.00 Å². The SMILES string of the molecule is CN=C(NCc1cccc(NC(=O)Cn2cccn2)c1)N1CCN(c2cccs2)CC1.I. The number of amides is 1. The van der Waals surface area contributed by atoms with E-state index in [4.69, 9.17) is 0 Å². The van der Waals surface area contributed by atoms with E-state index in [0.717, 1.165) is 43.4 Å². The zero-order chi connectivity index (χ0) is 21.5. The summed E-state index contributed by atoms with van der Waals surface area (Å²) in [5, 5.41) is 13.9. The van der Waals surface area contributed by atoms with E-state index in [0.29, 0.717) is 6.54 Å². The normalized spacial score (nSPS) is 14.1. The van der Waals surface area contributed by atoms with Crippen molar-refractivity contribution in [3.63, 3.8) is 0 Å². The molecule has 1 saturated heterocycles. The summed E-state index contributed by atoms with van der Waals surface area (Å²) >= 11 is 1.79. The lowest BCUT2D eigenvalue weighted by atomic mass is 10.2. The fourth-order valence-electron chi connectivity index (χ4n) is 3.60. The van der Waals surface area contributed by atoms with Crippen molar-refractivity contribution in [3.05, 3.63) is 65.8 Å². The van der Waals surface area contributed by atoms with Gasteiger partial charge in [-0.1, -0.05) is 12.1 Å². The monoisotopic (exact) mass is 565 g/mol. The van der Waals surface area contributed by atoms with E-state index < -0.39 is 0 Å². The van der Waals surface area contributed by atoms with E-state index in [1.807, 2.05) is 31.3 Å². The van der Waals surface area contributed by atoms with Crippen molar-refractivity contribution >= 4 is 57.9 Å². The van der Waals surface area contributed by atoms with Crippen molar-refractivity contribution < 1.29 is 4.79 Å². The van der Waals surface area contributed by atoms with Gasteiger partial charge in [0.1, 0.15) is 6.54 Å². The molecule has 1 amide bonds. The minimum absolute atomic E-state index is 0. The lowest BCUT2D eigenvalue weighted by Gasteiger charge is -2.37. The molecular formula is C22H28IN7OS. The molecule has 0 saturated carbocycles. The number of aliphatic imine (C=N–C) groups is 1. The topological polar surface area (TPSA) is 77.8 Å². The zero-order valence-corrected chi connectivity index (χ0v) is 21.1. The second kappa shape index (κ2) is 11.9. The third-order valence-corrected chi connectivity index (χ3v) is 6.06. The quantitative estimate of drug-likeness (QED) is 0.273. The number of hydrogen-bond donors (Lipinski definition) is 2. The molecule has 1 aliphatic rings. The van der Waals surface area contributed by atoms with E-state index in [9.17, 15) is 4.79 Å². The summed E-state index contributed by atoms with van der Waals surface area (Å²) in [6.07, 6.45) is 3.43. The maximum absolute atomic E-state index is 12.2. The molecule has 0 bridgehead atoms. The number of nitrogens with zero attached hydrogens (tertiary/aromatic N) is 5. The molecule has 10 heteroatoms. The van der Waals surface area contributed by atoms with Crippen LogP contribution in [0, 0.1) is 0 Å². The van der Waals surface area contributed by atoms with Crippen molar-refractivity contribution in [1.29, 1.82) is 0 Å². The van der Waals surface area contributed by atoms with Gasteiger partial charge in [-0.2, -0.15) is 5.10 Å². The Hall–Kier alpha value is -2.60. The molecule has 32 heavy (non-hydrogen) atoms. The van der Waals surface area contributed by atoms with Gasteiger partial charge in [-0.05, 0) is 41.3 Å². The number of anilines is 2. The Morgan fingerprint density at radius 2 is 2.00 bits per heavy atom. The summed E-state index contributed by atoms with van der Waals surface area (Å²) in [6, 6.07) is 13.9. The standard InChI is InChI=1S/C22H27N7OS.HI/c1-23-22(28-12-10-27(11-13-28)21-7-3-14-31-21)24-16-18-5-2-6-19(15-18)26-20(30)17-29-9-4-8-25-29;/h2-9,14-15H,10-13,16-17H2,1H3,(H,23,24)(H,26,30);1H. The number of carbonyl (C=O) groups excluding carboxylic acids is 1. The van der Waals surface area contributed by atoms with Gasteiger partial charge in [-0.25, -0.2) is 0 Å². The van der Waals surface area contributed by atoms with Crippen LogP contribution in [-0.4, -0.2) is 59.8 Å².